The van der Waals surface area contributed by atoms with Crippen LogP contribution in [0.25, 0.3) is 0 Å². The molecule has 3 N–H and O–H groups in total. The topological polar surface area (TPSA) is 55.5 Å². The summed E-state index contributed by atoms with van der Waals surface area (Å²) in [7, 11) is 1.68. The predicted octanol–water partition coefficient (Wildman–Crippen LogP) is 1.29. The molecule has 0 aromatic carbocycles. The lowest BCUT2D eigenvalue weighted by molar-refractivity contribution is -0.0855. The van der Waals surface area contributed by atoms with Gasteiger partial charge in [0, 0.05) is 25.5 Å². The molecule has 0 radical (unpaired) electrons. The minimum atomic E-state index is -0.323. The van der Waals surface area contributed by atoms with Crippen molar-refractivity contribution >= 4 is 0 Å². The summed E-state index contributed by atoms with van der Waals surface area (Å²) in [5, 5.41) is 10.1. The first-order valence-corrected chi connectivity index (χ1v) is 5.39. The van der Waals surface area contributed by atoms with Gasteiger partial charge in [0.15, 0.2) is 0 Å². The number of hydrogen-bond donors (Lipinski definition) is 2. The molecule has 1 aliphatic carbocycles. The fourth-order valence-corrected chi connectivity index (χ4v) is 2.07. The predicted molar refractivity (Wildman–Crippen MR) is 57.1 cm³/mol. The maximum atomic E-state index is 10.1. The molecule has 0 aliphatic heterocycles. The number of hydrogen-bond acceptors (Lipinski definition) is 3. The smallest absolute Gasteiger partial charge is 0.0647 e. The average Bonchev–Trinajstić information content (AvgIpc) is 2.02. The molecule has 0 amide bonds. The van der Waals surface area contributed by atoms with E-state index in [1.165, 1.54) is 6.42 Å². The highest BCUT2D eigenvalue weighted by Gasteiger charge is 2.43. The summed E-state index contributed by atoms with van der Waals surface area (Å²) in [6, 6.07) is 0. The van der Waals surface area contributed by atoms with Gasteiger partial charge in [-0.3, -0.25) is 0 Å². The standard InChI is InChI=1S/C11H23NO2/c1-10(2,14-3)7-9(13)11(8-12)5-4-6-11/h9,13H,4-8,12H2,1-3H3. The van der Waals surface area contributed by atoms with Gasteiger partial charge in [-0.15, -0.1) is 0 Å². The molecule has 3 heteroatoms. The molecular formula is C11H23NO2. The second-order valence-electron chi connectivity index (χ2n) is 5.10. The summed E-state index contributed by atoms with van der Waals surface area (Å²) in [5.74, 6) is 0. The molecule has 0 aromatic rings. The Morgan fingerprint density at radius 1 is 1.50 bits per heavy atom. The number of aliphatic hydroxyl groups is 1. The highest BCUT2D eigenvalue weighted by molar-refractivity contribution is 4.96. The summed E-state index contributed by atoms with van der Waals surface area (Å²) >= 11 is 0. The second kappa shape index (κ2) is 4.17. The first-order valence-electron chi connectivity index (χ1n) is 5.39. The van der Waals surface area contributed by atoms with Crippen molar-refractivity contribution < 1.29 is 9.84 Å². The van der Waals surface area contributed by atoms with E-state index in [1.54, 1.807) is 7.11 Å². The van der Waals surface area contributed by atoms with Gasteiger partial charge in [-0.2, -0.15) is 0 Å². The molecule has 0 saturated heterocycles. The van der Waals surface area contributed by atoms with Crippen molar-refractivity contribution in [3.05, 3.63) is 0 Å². The summed E-state index contributed by atoms with van der Waals surface area (Å²) in [6.45, 7) is 4.59. The Bertz CT molecular complexity index is 182. The second-order valence-corrected chi connectivity index (χ2v) is 5.10. The molecule has 0 heterocycles. The van der Waals surface area contributed by atoms with Gasteiger partial charge in [-0.05, 0) is 26.7 Å². The average molecular weight is 201 g/mol. The zero-order chi connectivity index (χ0) is 10.8. The van der Waals surface area contributed by atoms with Crippen LogP contribution in [0.1, 0.15) is 39.5 Å². The molecule has 1 rings (SSSR count). The SMILES string of the molecule is COC(C)(C)CC(O)C1(CN)CCC1. The lowest BCUT2D eigenvalue weighted by Crippen LogP contribution is -2.49. The van der Waals surface area contributed by atoms with Gasteiger partial charge in [0.1, 0.15) is 0 Å². The molecule has 1 fully saturated rings. The monoisotopic (exact) mass is 201 g/mol. The van der Waals surface area contributed by atoms with E-state index in [-0.39, 0.29) is 17.1 Å². The van der Waals surface area contributed by atoms with Crippen molar-refractivity contribution in [3.63, 3.8) is 0 Å². The van der Waals surface area contributed by atoms with E-state index in [9.17, 15) is 5.11 Å². The summed E-state index contributed by atoms with van der Waals surface area (Å²) in [5.41, 5.74) is 5.46. The van der Waals surface area contributed by atoms with Gasteiger partial charge >= 0.3 is 0 Å². The van der Waals surface area contributed by atoms with E-state index in [1.807, 2.05) is 13.8 Å². The van der Waals surface area contributed by atoms with Crippen molar-refractivity contribution in [3.8, 4) is 0 Å². The molecule has 0 aromatic heterocycles. The minimum absolute atomic E-state index is 0.0181. The van der Waals surface area contributed by atoms with Crippen LogP contribution < -0.4 is 5.73 Å². The van der Waals surface area contributed by atoms with Gasteiger partial charge in [0.2, 0.25) is 0 Å². The number of nitrogens with two attached hydrogens (primary N) is 1. The molecule has 3 nitrogen and oxygen atoms in total. The summed E-state index contributed by atoms with van der Waals surface area (Å²) in [6.07, 6.45) is 3.66. The Hall–Kier alpha value is -0.120. The van der Waals surface area contributed by atoms with Crippen LogP contribution in [0, 0.1) is 5.41 Å². The Morgan fingerprint density at radius 2 is 2.07 bits per heavy atom. The quantitative estimate of drug-likeness (QED) is 0.704. The van der Waals surface area contributed by atoms with Crippen molar-refractivity contribution in [2.45, 2.75) is 51.2 Å². The summed E-state index contributed by atoms with van der Waals surface area (Å²) < 4.78 is 5.32. The zero-order valence-electron chi connectivity index (χ0n) is 9.55. The minimum Gasteiger partial charge on any atom is -0.392 e. The van der Waals surface area contributed by atoms with E-state index >= 15 is 0 Å². The Balaban J connectivity index is 2.52. The van der Waals surface area contributed by atoms with Crippen LogP contribution in [-0.2, 0) is 4.74 Å². The van der Waals surface area contributed by atoms with Gasteiger partial charge in [0.05, 0.1) is 11.7 Å². The van der Waals surface area contributed by atoms with Gasteiger partial charge in [-0.25, -0.2) is 0 Å². The molecule has 1 saturated carbocycles. The summed E-state index contributed by atoms with van der Waals surface area (Å²) in [4.78, 5) is 0. The Morgan fingerprint density at radius 3 is 2.36 bits per heavy atom. The highest BCUT2D eigenvalue weighted by atomic mass is 16.5. The van der Waals surface area contributed by atoms with Crippen LogP contribution >= 0.6 is 0 Å². The molecule has 84 valence electrons. The molecule has 14 heavy (non-hydrogen) atoms. The number of rotatable bonds is 5. The van der Waals surface area contributed by atoms with Crippen molar-refractivity contribution in [1.29, 1.82) is 0 Å². The van der Waals surface area contributed by atoms with Crippen LogP contribution in [0.2, 0.25) is 0 Å². The lowest BCUT2D eigenvalue weighted by atomic mass is 9.63. The van der Waals surface area contributed by atoms with Crippen LogP contribution in [0.3, 0.4) is 0 Å². The van der Waals surface area contributed by atoms with Gasteiger partial charge in [-0.1, -0.05) is 6.42 Å². The first kappa shape index (κ1) is 12.0. The number of ether oxygens (including phenoxy) is 1. The van der Waals surface area contributed by atoms with Gasteiger partial charge in [0.25, 0.3) is 0 Å². The number of aliphatic hydroxyl groups excluding tert-OH is 1. The maximum Gasteiger partial charge on any atom is 0.0647 e. The first-order chi connectivity index (χ1) is 6.46. The van der Waals surface area contributed by atoms with Crippen LogP contribution in [0.5, 0.6) is 0 Å². The maximum absolute atomic E-state index is 10.1. The van der Waals surface area contributed by atoms with E-state index in [2.05, 4.69) is 0 Å². The largest absolute Gasteiger partial charge is 0.392 e. The third-order valence-electron chi connectivity index (χ3n) is 3.70. The molecule has 1 atom stereocenters. The third kappa shape index (κ3) is 2.27. The zero-order valence-corrected chi connectivity index (χ0v) is 9.55. The molecule has 1 aliphatic rings. The van der Waals surface area contributed by atoms with E-state index in [4.69, 9.17) is 10.5 Å². The third-order valence-corrected chi connectivity index (χ3v) is 3.70. The van der Waals surface area contributed by atoms with Crippen molar-refractivity contribution in [2.24, 2.45) is 11.1 Å². The van der Waals surface area contributed by atoms with Crippen molar-refractivity contribution in [2.75, 3.05) is 13.7 Å². The highest BCUT2D eigenvalue weighted by Crippen LogP contribution is 2.45. The lowest BCUT2D eigenvalue weighted by Gasteiger charge is -2.46. The number of methoxy groups -OCH3 is 1. The van der Waals surface area contributed by atoms with Crippen LogP contribution in [0.15, 0.2) is 0 Å². The molecular weight excluding hydrogens is 178 g/mol. The van der Waals surface area contributed by atoms with E-state index in [0.717, 1.165) is 12.8 Å². The fourth-order valence-electron chi connectivity index (χ4n) is 2.07. The van der Waals surface area contributed by atoms with E-state index < -0.39 is 0 Å². The molecule has 0 spiro atoms. The van der Waals surface area contributed by atoms with Crippen molar-refractivity contribution in [1.82, 2.24) is 0 Å². The Labute approximate surface area is 86.6 Å². The van der Waals surface area contributed by atoms with Crippen LogP contribution in [0.4, 0.5) is 0 Å². The van der Waals surface area contributed by atoms with Gasteiger partial charge < -0.3 is 15.6 Å². The normalized spacial score (nSPS) is 22.9. The van der Waals surface area contributed by atoms with Crippen LogP contribution in [-0.4, -0.2) is 30.5 Å². The molecule has 0 bridgehead atoms. The fraction of sp³-hybridized carbons (Fsp3) is 1.00. The van der Waals surface area contributed by atoms with E-state index in [0.29, 0.717) is 13.0 Å². The molecule has 1 unspecified atom stereocenters. The Kier molecular flexibility index (Phi) is 3.56.